The van der Waals surface area contributed by atoms with Crippen molar-refractivity contribution in [3.63, 3.8) is 0 Å². The number of carbonyl (C=O) groups excluding carboxylic acids is 1. The number of benzene rings is 2. The average molecular weight is 434 g/mol. The van der Waals surface area contributed by atoms with Gasteiger partial charge in [-0.05, 0) is 30.2 Å². The largest absolute Gasteiger partial charge is 0.337 e. The number of piperazine rings is 1. The fraction of sp³-hybridized carbons (Fsp3) is 0.409. The lowest BCUT2D eigenvalue weighted by atomic mass is 10.1. The highest BCUT2D eigenvalue weighted by Crippen LogP contribution is 2.12. The zero-order valence-electron chi connectivity index (χ0n) is 17.2. The molecule has 3 rings (SSSR count). The van der Waals surface area contributed by atoms with Gasteiger partial charge in [0.2, 0.25) is 15.9 Å². The van der Waals surface area contributed by atoms with Crippen LogP contribution in [0.15, 0.2) is 48.5 Å². The van der Waals surface area contributed by atoms with Crippen molar-refractivity contribution in [1.29, 1.82) is 0 Å². The Morgan fingerprint density at radius 1 is 1.03 bits per heavy atom. The molecule has 1 amide bonds. The van der Waals surface area contributed by atoms with Gasteiger partial charge in [0.25, 0.3) is 0 Å². The summed E-state index contributed by atoms with van der Waals surface area (Å²) in [5.74, 6) is -0.635. The molecule has 30 heavy (non-hydrogen) atoms. The molecule has 1 fully saturated rings. The van der Waals surface area contributed by atoms with E-state index in [1.807, 2.05) is 31.2 Å². The molecule has 0 unspecified atom stereocenters. The molecule has 1 heterocycles. The predicted octanol–water partition coefficient (Wildman–Crippen LogP) is 1.94. The van der Waals surface area contributed by atoms with Crippen LogP contribution in [-0.2, 0) is 27.8 Å². The smallest absolute Gasteiger partial charge is 0.227 e. The summed E-state index contributed by atoms with van der Waals surface area (Å²) in [7, 11) is -3.45. The third kappa shape index (κ3) is 6.35. The molecule has 0 atom stereocenters. The molecule has 1 N–H and O–H groups in total. The molecule has 0 saturated carbocycles. The van der Waals surface area contributed by atoms with Crippen LogP contribution in [0.3, 0.4) is 0 Å². The fourth-order valence-corrected chi connectivity index (χ4v) is 4.82. The normalized spacial score (nSPS) is 15.1. The van der Waals surface area contributed by atoms with E-state index in [0.717, 1.165) is 16.7 Å². The number of hydrogen-bond donors (Lipinski definition) is 1. The van der Waals surface area contributed by atoms with Gasteiger partial charge in [0.1, 0.15) is 5.82 Å². The second kappa shape index (κ2) is 10.1. The Labute approximate surface area is 177 Å². The summed E-state index contributed by atoms with van der Waals surface area (Å²) in [5, 5.41) is 3.14. The molecule has 162 valence electrons. The van der Waals surface area contributed by atoms with Crippen LogP contribution in [0, 0.1) is 12.7 Å². The van der Waals surface area contributed by atoms with E-state index in [0.29, 0.717) is 26.2 Å². The zero-order chi connectivity index (χ0) is 21.6. The van der Waals surface area contributed by atoms with Gasteiger partial charge in [0.05, 0.1) is 12.2 Å². The van der Waals surface area contributed by atoms with Gasteiger partial charge in [0.15, 0.2) is 0 Å². The van der Waals surface area contributed by atoms with Gasteiger partial charge < -0.3 is 10.2 Å². The minimum Gasteiger partial charge on any atom is -0.337 e. The molecule has 1 aliphatic heterocycles. The van der Waals surface area contributed by atoms with Crippen molar-refractivity contribution in [3.8, 4) is 0 Å². The Bertz CT molecular complexity index is 941. The standard InChI is InChI=1S/C22H28FN3O3S/c1-18-2-4-19(5-3-18)16-22(27)25(17-20-6-8-21(23)9-7-20)14-15-30(28,29)26-12-10-24-11-13-26/h2-9,24H,10-17H2,1H3. The fourth-order valence-electron chi connectivity index (χ4n) is 3.37. The first kappa shape index (κ1) is 22.4. The topological polar surface area (TPSA) is 69.7 Å². The number of aryl methyl sites for hydroxylation is 1. The van der Waals surface area contributed by atoms with E-state index in [-0.39, 0.29) is 37.0 Å². The molecule has 0 spiro atoms. The van der Waals surface area contributed by atoms with Gasteiger partial charge in [0, 0.05) is 39.3 Å². The second-order valence-corrected chi connectivity index (χ2v) is 9.66. The Morgan fingerprint density at radius 3 is 2.27 bits per heavy atom. The van der Waals surface area contributed by atoms with Crippen molar-refractivity contribution in [2.45, 2.75) is 19.9 Å². The van der Waals surface area contributed by atoms with Crippen molar-refractivity contribution in [1.82, 2.24) is 14.5 Å². The number of rotatable bonds is 8. The van der Waals surface area contributed by atoms with Crippen molar-refractivity contribution >= 4 is 15.9 Å². The predicted molar refractivity (Wildman–Crippen MR) is 115 cm³/mol. The Kier molecular flexibility index (Phi) is 7.58. The molecule has 6 nitrogen and oxygen atoms in total. The van der Waals surface area contributed by atoms with Crippen molar-refractivity contribution < 1.29 is 17.6 Å². The summed E-state index contributed by atoms with van der Waals surface area (Å²) in [6, 6.07) is 13.6. The van der Waals surface area contributed by atoms with Crippen LogP contribution in [0.2, 0.25) is 0 Å². The third-order valence-corrected chi connectivity index (χ3v) is 7.05. The van der Waals surface area contributed by atoms with Gasteiger partial charge in [-0.25, -0.2) is 12.8 Å². The quantitative estimate of drug-likeness (QED) is 0.691. The van der Waals surface area contributed by atoms with Crippen LogP contribution in [0.4, 0.5) is 4.39 Å². The SMILES string of the molecule is Cc1ccc(CC(=O)N(CCS(=O)(=O)N2CCNCC2)Cc2ccc(F)cc2)cc1. The van der Waals surface area contributed by atoms with Crippen LogP contribution in [0.5, 0.6) is 0 Å². The van der Waals surface area contributed by atoms with Crippen molar-refractivity contribution in [3.05, 3.63) is 71.0 Å². The maximum atomic E-state index is 13.2. The van der Waals surface area contributed by atoms with Crippen molar-refractivity contribution in [2.75, 3.05) is 38.5 Å². The van der Waals surface area contributed by atoms with Crippen molar-refractivity contribution in [2.24, 2.45) is 0 Å². The Morgan fingerprint density at radius 2 is 1.63 bits per heavy atom. The maximum absolute atomic E-state index is 13.2. The molecule has 1 saturated heterocycles. The Balaban J connectivity index is 1.71. The molecule has 0 radical (unpaired) electrons. The third-order valence-electron chi connectivity index (χ3n) is 5.20. The molecule has 8 heteroatoms. The summed E-state index contributed by atoms with van der Waals surface area (Å²) >= 11 is 0. The van der Waals surface area contributed by atoms with Crippen LogP contribution >= 0.6 is 0 Å². The number of amides is 1. The summed E-state index contributed by atoms with van der Waals surface area (Å²) in [6.07, 6.45) is 0.190. The van der Waals surface area contributed by atoms with Crippen LogP contribution in [0.1, 0.15) is 16.7 Å². The van der Waals surface area contributed by atoms with E-state index in [9.17, 15) is 17.6 Å². The summed E-state index contributed by atoms with van der Waals surface area (Å²) in [4.78, 5) is 14.5. The first-order valence-corrected chi connectivity index (χ1v) is 11.7. The van der Waals surface area contributed by atoms with E-state index < -0.39 is 10.0 Å². The summed E-state index contributed by atoms with van der Waals surface area (Å²) in [5.41, 5.74) is 2.74. The molecular formula is C22H28FN3O3S. The molecule has 2 aromatic carbocycles. The van der Waals surface area contributed by atoms with Crippen LogP contribution in [0.25, 0.3) is 0 Å². The lowest BCUT2D eigenvalue weighted by Crippen LogP contribution is -2.48. The number of nitrogens with one attached hydrogen (secondary N) is 1. The maximum Gasteiger partial charge on any atom is 0.227 e. The highest BCUT2D eigenvalue weighted by atomic mass is 32.2. The molecule has 1 aliphatic rings. The molecule has 0 aliphatic carbocycles. The Hall–Kier alpha value is -2.29. The number of halogens is 1. The second-order valence-electron chi connectivity index (χ2n) is 7.57. The minimum absolute atomic E-state index is 0.0916. The first-order chi connectivity index (χ1) is 14.3. The van der Waals surface area contributed by atoms with Gasteiger partial charge in [-0.2, -0.15) is 4.31 Å². The van der Waals surface area contributed by atoms with Crippen LogP contribution < -0.4 is 5.32 Å². The average Bonchev–Trinajstić information content (AvgIpc) is 2.74. The molecular weight excluding hydrogens is 405 g/mol. The van der Waals surface area contributed by atoms with E-state index >= 15 is 0 Å². The minimum atomic E-state index is -3.45. The molecule has 2 aromatic rings. The highest BCUT2D eigenvalue weighted by molar-refractivity contribution is 7.89. The number of sulfonamides is 1. The van der Waals surface area contributed by atoms with Gasteiger partial charge in [-0.3, -0.25) is 4.79 Å². The first-order valence-electron chi connectivity index (χ1n) is 10.1. The van der Waals surface area contributed by atoms with Crippen LogP contribution in [-0.4, -0.2) is 62.0 Å². The van der Waals surface area contributed by atoms with Gasteiger partial charge in [-0.15, -0.1) is 0 Å². The number of carbonyl (C=O) groups is 1. The van der Waals surface area contributed by atoms with Gasteiger partial charge >= 0.3 is 0 Å². The van der Waals surface area contributed by atoms with Gasteiger partial charge in [-0.1, -0.05) is 42.0 Å². The lowest BCUT2D eigenvalue weighted by molar-refractivity contribution is -0.130. The number of nitrogens with zero attached hydrogens (tertiary/aromatic N) is 2. The zero-order valence-corrected chi connectivity index (χ0v) is 18.0. The number of hydrogen-bond acceptors (Lipinski definition) is 4. The summed E-state index contributed by atoms with van der Waals surface area (Å²) in [6.45, 7) is 4.45. The van der Waals surface area contributed by atoms with E-state index in [1.54, 1.807) is 17.0 Å². The molecule has 0 bridgehead atoms. The summed E-state index contributed by atoms with van der Waals surface area (Å²) < 4.78 is 40.2. The monoisotopic (exact) mass is 433 g/mol. The highest BCUT2D eigenvalue weighted by Gasteiger charge is 2.25. The lowest BCUT2D eigenvalue weighted by Gasteiger charge is -2.28. The van der Waals surface area contributed by atoms with E-state index in [1.165, 1.54) is 16.4 Å². The van der Waals surface area contributed by atoms with E-state index in [2.05, 4.69) is 5.32 Å². The molecule has 0 aromatic heterocycles. The van der Waals surface area contributed by atoms with E-state index in [4.69, 9.17) is 0 Å².